The summed E-state index contributed by atoms with van der Waals surface area (Å²) in [5.41, 5.74) is 8.67. The first kappa shape index (κ1) is 14.3. The SMILES string of the molecule is COc1cc(C)nc(Cn2c(C)ccc(CN)c2=O)c1. The molecular formula is C15H19N3O2. The summed E-state index contributed by atoms with van der Waals surface area (Å²) in [5.74, 6) is 0.744. The minimum atomic E-state index is -0.0604. The molecule has 0 saturated carbocycles. The van der Waals surface area contributed by atoms with E-state index in [2.05, 4.69) is 4.98 Å². The van der Waals surface area contributed by atoms with Crippen LogP contribution in [0.2, 0.25) is 0 Å². The van der Waals surface area contributed by atoms with Crippen molar-refractivity contribution in [3.05, 3.63) is 57.3 Å². The van der Waals surface area contributed by atoms with Crippen molar-refractivity contribution in [1.29, 1.82) is 0 Å². The quantitative estimate of drug-likeness (QED) is 0.913. The average molecular weight is 273 g/mol. The van der Waals surface area contributed by atoms with Crippen molar-refractivity contribution in [2.24, 2.45) is 5.73 Å². The first-order chi connectivity index (χ1) is 9.55. The Bertz CT molecular complexity index is 677. The van der Waals surface area contributed by atoms with Crippen molar-refractivity contribution in [1.82, 2.24) is 9.55 Å². The molecule has 106 valence electrons. The Labute approximate surface area is 118 Å². The number of nitrogens with zero attached hydrogens (tertiary/aromatic N) is 2. The van der Waals surface area contributed by atoms with Crippen LogP contribution in [-0.2, 0) is 13.1 Å². The Balaban J connectivity index is 2.44. The highest BCUT2D eigenvalue weighted by Crippen LogP contribution is 2.14. The van der Waals surface area contributed by atoms with E-state index in [4.69, 9.17) is 10.5 Å². The van der Waals surface area contributed by atoms with Gasteiger partial charge in [-0.25, -0.2) is 0 Å². The molecule has 2 N–H and O–H groups in total. The molecule has 0 fully saturated rings. The second kappa shape index (κ2) is 5.88. The van der Waals surface area contributed by atoms with Gasteiger partial charge in [0.15, 0.2) is 0 Å². The van der Waals surface area contributed by atoms with Gasteiger partial charge in [0.2, 0.25) is 0 Å². The highest BCUT2D eigenvalue weighted by molar-refractivity contribution is 5.27. The van der Waals surface area contributed by atoms with Crippen LogP contribution in [0.15, 0.2) is 29.1 Å². The number of rotatable bonds is 4. The van der Waals surface area contributed by atoms with Crippen LogP contribution < -0.4 is 16.0 Å². The summed E-state index contributed by atoms with van der Waals surface area (Å²) in [7, 11) is 1.62. The molecule has 0 aliphatic carbocycles. The van der Waals surface area contributed by atoms with E-state index < -0.39 is 0 Å². The molecule has 0 amide bonds. The maximum Gasteiger partial charge on any atom is 0.255 e. The number of nitrogens with two attached hydrogens (primary N) is 1. The van der Waals surface area contributed by atoms with Gasteiger partial charge in [-0.1, -0.05) is 6.07 Å². The first-order valence-electron chi connectivity index (χ1n) is 6.46. The van der Waals surface area contributed by atoms with Gasteiger partial charge in [0.05, 0.1) is 19.3 Å². The lowest BCUT2D eigenvalue weighted by Gasteiger charge is -2.12. The number of aromatic nitrogens is 2. The summed E-state index contributed by atoms with van der Waals surface area (Å²) >= 11 is 0. The van der Waals surface area contributed by atoms with Gasteiger partial charge >= 0.3 is 0 Å². The van der Waals surface area contributed by atoms with E-state index in [-0.39, 0.29) is 12.1 Å². The molecule has 5 nitrogen and oxygen atoms in total. The number of methoxy groups -OCH3 is 1. The van der Waals surface area contributed by atoms with E-state index >= 15 is 0 Å². The zero-order valence-corrected chi connectivity index (χ0v) is 12.0. The van der Waals surface area contributed by atoms with E-state index in [1.54, 1.807) is 17.7 Å². The smallest absolute Gasteiger partial charge is 0.255 e. The Morgan fingerprint density at radius 1 is 1.30 bits per heavy atom. The van der Waals surface area contributed by atoms with Gasteiger partial charge in [-0.3, -0.25) is 9.78 Å². The van der Waals surface area contributed by atoms with E-state index in [9.17, 15) is 4.79 Å². The minimum Gasteiger partial charge on any atom is -0.497 e. The monoisotopic (exact) mass is 273 g/mol. The highest BCUT2D eigenvalue weighted by atomic mass is 16.5. The molecule has 0 saturated heterocycles. The summed E-state index contributed by atoms with van der Waals surface area (Å²) < 4.78 is 6.92. The van der Waals surface area contributed by atoms with Crippen molar-refractivity contribution in [3.63, 3.8) is 0 Å². The average Bonchev–Trinajstić information content (AvgIpc) is 2.43. The molecule has 5 heteroatoms. The third kappa shape index (κ3) is 2.88. The van der Waals surface area contributed by atoms with Gasteiger partial charge in [-0.15, -0.1) is 0 Å². The van der Waals surface area contributed by atoms with Crippen LogP contribution in [0.25, 0.3) is 0 Å². The fraction of sp³-hybridized carbons (Fsp3) is 0.333. The molecule has 2 rings (SSSR count). The molecule has 0 unspecified atom stereocenters. The molecule has 20 heavy (non-hydrogen) atoms. The Morgan fingerprint density at radius 3 is 2.70 bits per heavy atom. The molecule has 0 aliphatic heterocycles. The van der Waals surface area contributed by atoms with Crippen LogP contribution in [0.3, 0.4) is 0 Å². The standard InChI is InChI=1S/C15H19N3O2/c1-10-6-14(20-3)7-13(17-10)9-18-11(2)4-5-12(8-16)15(18)19/h4-7H,8-9,16H2,1-3H3. The van der Waals surface area contributed by atoms with E-state index in [0.29, 0.717) is 12.1 Å². The van der Waals surface area contributed by atoms with Gasteiger partial charge in [-0.05, 0) is 19.9 Å². The second-order valence-electron chi connectivity index (χ2n) is 4.74. The summed E-state index contributed by atoms with van der Waals surface area (Å²) in [4.78, 5) is 16.7. The van der Waals surface area contributed by atoms with E-state index in [1.807, 2.05) is 32.0 Å². The summed E-state index contributed by atoms with van der Waals surface area (Å²) in [6.07, 6.45) is 0. The molecule has 0 bridgehead atoms. The lowest BCUT2D eigenvalue weighted by molar-refractivity contribution is 0.412. The first-order valence-corrected chi connectivity index (χ1v) is 6.46. The van der Waals surface area contributed by atoms with Gasteiger partial charge in [0.25, 0.3) is 5.56 Å². The molecule has 0 aliphatic rings. The molecular weight excluding hydrogens is 254 g/mol. The van der Waals surface area contributed by atoms with Crippen LogP contribution >= 0.6 is 0 Å². The second-order valence-corrected chi connectivity index (χ2v) is 4.74. The Hall–Kier alpha value is -2.14. The fourth-order valence-corrected chi connectivity index (χ4v) is 2.13. The predicted molar refractivity (Wildman–Crippen MR) is 78.0 cm³/mol. The van der Waals surface area contributed by atoms with Crippen LogP contribution in [0, 0.1) is 13.8 Å². The topological polar surface area (TPSA) is 70.1 Å². The molecule has 2 heterocycles. The lowest BCUT2D eigenvalue weighted by atomic mass is 10.2. The normalized spacial score (nSPS) is 10.6. The summed E-state index contributed by atoms with van der Waals surface area (Å²) in [6, 6.07) is 7.37. The summed E-state index contributed by atoms with van der Waals surface area (Å²) in [6.45, 7) is 4.45. The van der Waals surface area contributed by atoms with Gasteiger partial charge in [0.1, 0.15) is 5.75 Å². The van der Waals surface area contributed by atoms with Gasteiger partial charge in [0, 0.05) is 35.6 Å². The Kier molecular flexibility index (Phi) is 4.20. The van der Waals surface area contributed by atoms with Crippen molar-refractivity contribution in [2.45, 2.75) is 26.9 Å². The maximum absolute atomic E-state index is 12.3. The van der Waals surface area contributed by atoms with Crippen molar-refractivity contribution in [2.75, 3.05) is 7.11 Å². The molecule has 0 spiro atoms. The third-order valence-corrected chi connectivity index (χ3v) is 3.23. The molecule has 0 radical (unpaired) electrons. The summed E-state index contributed by atoms with van der Waals surface area (Å²) in [5, 5.41) is 0. The van der Waals surface area contributed by atoms with Crippen molar-refractivity contribution >= 4 is 0 Å². The van der Waals surface area contributed by atoms with Gasteiger partial charge < -0.3 is 15.0 Å². The third-order valence-electron chi connectivity index (χ3n) is 3.23. The fourth-order valence-electron chi connectivity index (χ4n) is 2.13. The van der Waals surface area contributed by atoms with Crippen molar-refractivity contribution < 1.29 is 4.74 Å². The minimum absolute atomic E-state index is 0.0604. The predicted octanol–water partition coefficient (Wildman–Crippen LogP) is 1.38. The van der Waals surface area contributed by atoms with Crippen LogP contribution in [0.5, 0.6) is 5.75 Å². The lowest BCUT2D eigenvalue weighted by Crippen LogP contribution is -2.27. The number of ether oxygens (including phenoxy) is 1. The maximum atomic E-state index is 12.3. The zero-order chi connectivity index (χ0) is 14.7. The van der Waals surface area contributed by atoms with E-state index in [0.717, 1.165) is 22.8 Å². The number of aryl methyl sites for hydroxylation is 2. The van der Waals surface area contributed by atoms with Gasteiger partial charge in [-0.2, -0.15) is 0 Å². The number of hydrogen-bond acceptors (Lipinski definition) is 4. The molecule has 2 aromatic rings. The van der Waals surface area contributed by atoms with E-state index in [1.165, 1.54) is 0 Å². The molecule has 0 aromatic carbocycles. The Morgan fingerprint density at radius 2 is 2.05 bits per heavy atom. The molecule has 0 atom stereocenters. The number of hydrogen-bond donors (Lipinski definition) is 1. The van der Waals surface area contributed by atoms with Crippen molar-refractivity contribution in [3.8, 4) is 5.75 Å². The van der Waals surface area contributed by atoms with Crippen LogP contribution in [0.1, 0.15) is 22.6 Å². The largest absolute Gasteiger partial charge is 0.497 e. The van der Waals surface area contributed by atoms with Crippen LogP contribution in [0.4, 0.5) is 0 Å². The number of pyridine rings is 2. The highest BCUT2D eigenvalue weighted by Gasteiger charge is 2.08. The molecule has 2 aromatic heterocycles. The zero-order valence-electron chi connectivity index (χ0n) is 12.0. The van der Waals surface area contributed by atoms with Crippen LogP contribution in [-0.4, -0.2) is 16.7 Å².